The Kier molecular flexibility index (Phi) is 8.27. The maximum Gasteiger partial charge on any atom is 0.223 e. The van der Waals surface area contributed by atoms with Gasteiger partial charge >= 0.3 is 0 Å². The van der Waals surface area contributed by atoms with Crippen LogP contribution in [-0.2, 0) is 4.79 Å². The predicted molar refractivity (Wildman–Crippen MR) is 118 cm³/mol. The van der Waals surface area contributed by atoms with Crippen LogP contribution in [0.1, 0.15) is 12.8 Å². The number of hydrogen-bond donors (Lipinski definition) is 2. The molecule has 1 saturated carbocycles. The molecule has 0 aromatic heterocycles. The van der Waals surface area contributed by atoms with Gasteiger partial charge in [0.2, 0.25) is 5.91 Å². The van der Waals surface area contributed by atoms with Gasteiger partial charge in [0.25, 0.3) is 0 Å². The lowest BCUT2D eigenvalue weighted by molar-refractivity contribution is -0.122. The molecule has 2 aliphatic rings. The van der Waals surface area contributed by atoms with Crippen molar-refractivity contribution in [1.82, 2.24) is 15.5 Å². The molecule has 1 saturated heterocycles. The first-order valence-electron chi connectivity index (χ1n) is 8.91. The van der Waals surface area contributed by atoms with Crippen molar-refractivity contribution in [2.45, 2.75) is 12.8 Å². The van der Waals surface area contributed by atoms with Crippen molar-refractivity contribution in [1.29, 1.82) is 0 Å². The summed E-state index contributed by atoms with van der Waals surface area (Å²) in [5.41, 5.74) is 1.16. The summed E-state index contributed by atoms with van der Waals surface area (Å²) in [5, 5.41) is 7.07. The Balaban J connectivity index is 0.00000243. The van der Waals surface area contributed by atoms with Crippen molar-refractivity contribution in [3.63, 3.8) is 0 Å². The van der Waals surface area contributed by atoms with Crippen LogP contribution >= 0.6 is 35.6 Å². The molecule has 3 rings (SSSR count). The van der Waals surface area contributed by atoms with Gasteiger partial charge < -0.3 is 20.4 Å². The lowest BCUT2D eigenvalue weighted by Gasteiger charge is -2.37. The van der Waals surface area contributed by atoms with E-state index in [0.717, 1.165) is 55.7 Å². The Labute approximate surface area is 177 Å². The van der Waals surface area contributed by atoms with Crippen molar-refractivity contribution in [2.75, 3.05) is 51.2 Å². The van der Waals surface area contributed by atoms with Crippen LogP contribution in [0.3, 0.4) is 0 Å². The van der Waals surface area contributed by atoms with E-state index < -0.39 is 0 Å². The van der Waals surface area contributed by atoms with Gasteiger partial charge in [-0.15, -0.1) is 24.0 Å². The average molecular weight is 492 g/mol. The van der Waals surface area contributed by atoms with Crippen LogP contribution in [0, 0.1) is 5.92 Å². The first-order valence-corrected chi connectivity index (χ1v) is 9.29. The van der Waals surface area contributed by atoms with Crippen LogP contribution in [0.25, 0.3) is 0 Å². The van der Waals surface area contributed by atoms with Gasteiger partial charge in [-0.3, -0.25) is 9.79 Å². The molecule has 2 fully saturated rings. The van der Waals surface area contributed by atoms with E-state index in [1.54, 1.807) is 7.05 Å². The third-order valence-corrected chi connectivity index (χ3v) is 4.85. The fourth-order valence-electron chi connectivity index (χ4n) is 3.03. The van der Waals surface area contributed by atoms with E-state index in [2.05, 4.69) is 31.5 Å². The molecule has 1 aromatic rings. The Morgan fingerprint density at radius 2 is 1.88 bits per heavy atom. The Bertz CT molecular complexity index is 630. The normalized spacial score (nSPS) is 17.5. The minimum absolute atomic E-state index is 0. The second-order valence-electron chi connectivity index (χ2n) is 6.49. The number of piperazine rings is 1. The second kappa shape index (κ2) is 10.2. The molecule has 1 aliphatic heterocycles. The summed E-state index contributed by atoms with van der Waals surface area (Å²) < 4.78 is 0. The minimum Gasteiger partial charge on any atom is -0.368 e. The van der Waals surface area contributed by atoms with Gasteiger partial charge in [-0.05, 0) is 31.0 Å². The smallest absolute Gasteiger partial charge is 0.223 e. The van der Waals surface area contributed by atoms with E-state index in [1.807, 2.05) is 18.2 Å². The highest BCUT2D eigenvalue weighted by Gasteiger charge is 2.29. The number of amides is 1. The number of aliphatic imine (C=N–C) groups is 1. The first-order chi connectivity index (χ1) is 12.2. The summed E-state index contributed by atoms with van der Waals surface area (Å²) in [7, 11) is 1.80. The van der Waals surface area contributed by atoms with Gasteiger partial charge in [-0.25, -0.2) is 0 Å². The van der Waals surface area contributed by atoms with Crippen LogP contribution < -0.4 is 15.5 Å². The summed E-state index contributed by atoms with van der Waals surface area (Å²) in [6.07, 6.45) is 2.08. The highest BCUT2D eigenvalue weighted by molar-refractivity contribution is 14.0. The Morgan fingerprint density at radius 1 is 1.19 bits per heavy atom. The van der Waals surface area contributed by atoms with Gasteiger partial charge in [0.05, 0.1) is 0 Å². The van der Waals surface area contributed by atoms with Gasteiger partial charge in [0.15, 0.2) is 5.96 Å². The summed E-state index contributed by atoms with van der Waals surface area (Å²) in [4.78, 5) is 20.6. The number of benzene rings is 1. The fourth-order valence-corrected chi connectivity index (χ4v) is 3.22. The number of rotatable bonds is 5. The van der Waals surface area contributed by atoms with Crippen LogP contribution in [0.2, 0.25) is 5.02 Å². The van der Waals surface area contributed by atoms with Crippen LogP contribution in [0.15, 0.2) is 29.3 Å². The molecule has 0 atom stereocenters. The molecule has 1 aromatic carbocycles. The number of hydrogen-bond acceptors (Lipinski definition) is 3. The maximum absolute atomic E-state index is 11.6. The van der Waals surface area contributed by atoms with Crippen molar-refractivity contribution in [3.05, 3.63) is 29.3 Å². The number of guanidine groups is 1. The molecule has 144 valence electrons. The number of carbonyl (C=O) groups excluding carboxylic acids is 1. The molecule has 0 unspecified atom stereocenters. The number of anilines is 1. The van der Waals surface area contributed by atoms with E-state index in [1.165, 1.54) is 0 Å². The van der Waals surface area contributed by atoms with E-state index >= 15 is 0 Å². The van der Waals surface area contributed by atoms with Gasteiger partial charge in [-0.1, -0.05) is 17.7 Å². The monoisotopic (exact) mass is 491 g/mol. The second-order valence-corrected chi connectivity index (χ2v) is 6.93. The van der Waals surface area contributed by atoms with Crippen molar-refractivity contribution >= 4 is 53.1 Å². The lowest BCUT2D eigenvalue weighted by atomic mass is 10.2. The fraction of sp³-hybridized carbons (Fsp3) is 0.556. The third kappa shape index (κ3) is 5.90. The molecule has 0 radical (unpaired) electrons. The SMILES string of the molecule is CN=C(NCCNC(=O)C1CC1)N1CCN(c2cccc(Cl)c2)CC1.I. The van der Waals surface area contributed by atoms with Crippen molar-refractivity contribution < 1.29 is 4.79 Å². The quantitative estimate of drug-likeness (QED) is 0.287. The number of halogens is 2. The van der Waals surface area contributed by atoms with Gasteiger partial charge in [-0.2, -0.15) is 0 Å². The molecule has 2 N–H and O–H groups in total. The van der Waals surface area contributed by atoms with Crippen LogP contribution in [0.5, 0.6) is 0 Å². The zero-order chi connectivity index (χ0) is 17.6. The predicted octanol–water partition coefficient (Wildman–Crippen LogP) is 2.18. The van der Waals surface area contributed by atoms with E-state index in [0.29, 0.717) is 13.1 Å². The standard InChI is InChI=1S/C18H26ClN5O.HI/c1-20-18(22-8-7-21-17(25)14-5-6-14)24-11-9-23(10-12-24)16-4-2-3-15(19)13-16;/h2-4,13-14H,5-12H2,1H3,(H,20,22)(H,21,25);1H. The maximum atomic E-state index is 11.6. The summed E-state index contributed by atoms with van der Waals surface area (Å²) >= 11 is 6.09. The number of nitrogens with zero attached hydrogens (tertiary/aromatic N) is 3. The first kappa shape index (κ1) is 21.1. The topological polar surface area (TPSA) is 60.0 Å². The third-order valence-electron chi connectivity index (χ3n) is 4.62. The summed E-state index contributed by atoms with van der Waals surface area (Å²) in [5.74, 6) is 1.34. The van der Waals surface area contributed by atoms with Crippen LogP contribution in [-0.4, -0.2) is 63.1 Å². The molecular weight excluding hydrogens is 465 g/mol. The molecule has 0 bridgehead atoms. The molecular formula is C18H27ClIN5O. The molecule has 0 spiro atoms. The van der Waals surface area contributed by atoms with Crippen molar-refractivity contribution in [2.24, 2.45) is 10.9 Å². The lowest BCUT2D eigenvalue weighted by Crippen LogP contribution is -2.53. The highest BCUT2D eigenvalue weighted by Crippen LogP contribution is 2.28. The molecule has 6 nitrogen and oxygen atoms in total. The molecule has 8 heteroatoms. The van der Waals surface area contributed by atoms with E-state index in [9.17, 15) is 4.79 Å². The number of nitrogens with one attached hydrogen (secondary N) is 2. The van der Waals surface area contributed by atoms with E-state index in [-0.39, 0.29) is 35.8 Å². The largest absolute Gasteiger partial charge is 0.368 e. The highest BCUT2D eigenvalue weighted by atomic mass is 127. The molecule has 26 heavy (non-hydrogen) atoms. The zero-order valence-electron chi connectivity index (χ0n) is 15.1. The van der Waals surface area contributed by atoms with E-state index in [4.69, 9.17) is 11.6 Å². The Hall–Kier alpha value is -1.22. The molecule has 1 amide bonds. The van der Waals surface area contributed by atoms with Gasteiger partial charge in [0.1, 0.15) is 0 Å². The van der Waals surface area contributed by atoms with Crippen molar-refractivity contribution in [3.8, 4) is 0 Å². The molecule has 1 heterocycles. The molecule has 1 aliphatic carbocycles. The van der Waals surface area contributed by atoms with Crippen LogP contribution in [0.4, 0.5) is 5.69 Å². The summed E-state index contributed by atoms with van der Waals surface area (Å²) in [6, 6.07) is 7.99. The van der Waals surface area contributed by atoms with Gasteiger partial charge in [0, 0.05) is 62.9 Å². The average Bonchev–Trinajstić information content (AvgIpc) is 3.47. The summed E-state index contributed by atoms with van der Waals surface area (Å²) in [6.45, 7) is 5.00. The zero-order valence-corrected chi connectivity index (χ0v) is 18.2. The Morgan fingerprint density at radius 3 is 2.50 bits per heavy atom. The number of carbonyl (C=O) groups is 1. The minimum atomic E-state index is 0.